The summed E-state index contributed by atoms with van der Waals surface area (Å²) in [5, 5.41) is 5.51. The fraction of sp³-hybridized carbons (Fsp3) is 0.250. The van der Waals surface area contributed by atoms with Crippen molar-refractivity contribution in [2.24, 2.45) is 0 Å². The average Bonchev–Trinajstić information content (AvgIpc) is 2.78. The summed E-state index contributed by atoms with van der Waals surface area (Å²) in [4.78, 5) is 9.18. The zero-order valence-electron chi connectivity index (χ0n) is 12.0. The second-order valence-corrected chi connectivity index (χ2v) is 4.97. The molecule has 0 radical (unpaired) electrons. The second kappa shape index (κ2) is 5.06. The van der Waals surface area contributed by atoms with Crippen LogP contribution in [0.4, 0.5) is 0 Å². The third-order valence-corrected chi connectivity index (χ3v) is 3.61. The predicted molar refractivity (Wildman–Crippen MR) is 81.1 cm³/mol. The van der Waals surface area contributed by atoms with E-state index in [4.69, 9.17) is 4.98 Å². The third kappa shape index (κ3) is 2.08. The van der Waals surface area contributed by atoms with Crippen molar-refractivity contribution in [2.75, 3.05) is 7.05 Å². The number of hydrogen-bond donors (Lipinski definition) is 1. The lowest BCUT2D eigenvalue weighted by Gasteiger charge is -2.11. The number of hydrogen-bond acceptors (Lipinski definition) is 3. The van der Waals surface area contributed by atoms with Gasteiger partial charge in [-0.05, 0) is 32.3 Å². The van der Waals surface area contributed by atoms with Gasteiger partial charge >= 0.3 is 0 Å². The van der Waals surface area contributed by atoms with Crippen LogP contribution in [0.25, 0.3) is 16.6 Å². The maximum atomic E-state index is 4.80. The van der Waals surface area contributed by atoms with Crippen molar-refractivity contribution in [1.82, 2.24) is 19.9 Å². The molecule has 2 heterocycles. The molecule has 0 bridgehead atoms. The second-order valence-electron chi connectivity index (χ2n) is 4.97. The number of nitrogens with zero attached hydrogens (tertiary/aromatic N) is 3. The summed E-state index contributed by atoms with van der Waals surface area (Å²) in [5.41, 5.74) is 3.20. The van der Waals surface area contributed by atoms with E-state index in [0.29, 0.717) is 0 Å². The van der Waals surface area contributed by atoms with E-state index in [1.165, 1.54) is 5.39 Å². The molecule has 0 saturated carbocycles. The van der Waals surface area contributed by atoms with Crippen LogP contribution in [0.3, 0.4) is 0 Å². The third-order valence-electron chi connectivity index (χ3n) is 3.61. The van der Waals surface area contributed by atoms with Gasteiger partial charge in [-0.1, -0.05) is 24.3 Å². The Morgan fingerprint density at radius 1 is 1.20 bits per heavy atom. The highest BCUT2D eigenvalue weighted by Gasteiger charge is 2.11. The fourth-order valence-electron chi connectivity index (χ4n) is 2.40. The molecule has 3 rings (SSSR count). The van der Waals surface area contributed by atoms with E-state index >= 15 is 0 Å². The standard InChI is InChI=1S/C16H18N4/c1-11-12(2)20(10-18-11)16-15-7-5-4-6-13(15)8-14(19-16)9-17-3/h4-8,10,17H,9H2,1-3H3. The number of benzene rings is 1. The molecule has 0 spiro atoms. The van der Waals surface area contributed by atoms with Crippen molar-refractivity contribution < 1.29 is 0 Å². The minimum atomic E-state index is 0.755. The van der Waals surface area contributed by atoms with Crippen LogP contribution < -0.4 is 5.32 Å². The number of imidazole rings is 1. The van der Waals surface area contributed by atoms with Gasteiger partial charge in [-0.2, -0.15) is 0 Å². The molecule has 0 aliphatic heterocycles. The van der Waals surface area contributed by atoms with Crippen LogP contribution in [0.2, 0.25) is 0 Å². The largest absolute Gasteiger partial charge is 0.314 e. The summed E-state index contributed by atoms with van der Waals surface area (Å²) in [7, 11) is 1.93. The molecular weight excluding hydrogens is 248 g/mol. The van der Waals surface area contributed by atoms with Crippen LogP contribution >= 0.6 is 0 Å². The molecule has 0 fully saturated rings. The minimum Gasteiger partial charge on any atom is -0.314 e. The number of aromatic nitrogens is 3. The van der Waals surface area contributed by atoms with E-state index in [1.54, 1.807) is 0 Å². The van der Waals surface area contributed by atoms with Crippen LogP contribution in [0.5, 0.6) is 0 Å². The molecule has 4 heteroatoms. The van der Waals surface area contributed by atoms with Crippen molar-refractivity contribution in [2.45, 2.75) is 20.4 Å². The highest BCUT2D eigenvalue weighted by Crippen LogP contribution is 2.23. The van der Waals surface area contributed by atoms with Gasteiger partial charge in [-0.15, -0.1) is 0 Å². The van der Waals surface area contributed by atoms with Gasteiger partial charge in [0.05, 0.1) is 11.4 Å². The van der Waals surface area contributed by atoms with Gasteiger partial charge in [0.15, 0.2) is 0 Å². The smallest absolute Gasteiger partial charge is 0.146 e. The summed E-state index contributed by atoms with van der Waals surface area (Å²) in [6.45, 7) is 4.85. The topological polar surface area (TPSA) is 42.7 Å². The quantitative estimate of drug-likeness (QED) is 0.792. The lowest BCUT2D eigenvalue weighted by Crippen LogP contribution is -2.09. The molecule has 0 amide bonds. The molecule has 1 aromatic carbocycles. The zero-order valence-corrected chi connectivity index (χ0v) is 12.0. The number of fused-ring (bicyclic) bond motifs is 1. The number of rotatable bonds is 3. The first-order chi connectivity index (χ1) is 9.70. The van der Waals surface area contributed by atoms with Gasteiger partial charge in [0.25, 0.3) is 0 Å². The monoisotopic (exact) mass is 266 g/mol. The SMILES string of the molecule is CNCc1cc2ccccc2c(-n2cnc(C)c2C)n1. The zero-order chi connectivity index (χ0) is 14.1. The van der Waals surface area contributed by atoms with Crippen LogP contribution in [-0.4, -0.2) is 21.6 Å². The van der Waals surface area contributed by atoms with E-state index in [1.807, 2.05) is 26.4 Å². The fourth-order valence-corrected chi connectivity index (χ4v) is 2.40. The first kappa shape index (κ1) is 12.8. The van der Waals surface area contributed by atoms with Crippen molar-refractivity contribution >= 4 is 10.8 Å². The Kier molecular flexibility index (Phi) is 3.24. The molecule has 0 aliphatic rings. The Hall–Kier alpha value is -2.20. The van der Waals surface area contributed by atoms with E-state index in [0.717, 1.165) is 34.8 Å². The number of nitrogens with one attached hydrogen (secondary N) is 1. The molecule has 102 valence electrons. The Bertz CT molecular complexity index is 758. The van der Waals surface area contributed by atoms with Gasteiger partial charge in [-0.3, -0.25) is 4.57 Å². The average molecular weight is 266 g/mol. The Morgan fingerprint density at radius 2 is 2.00 bits per heavy atom. The lowest BCUT2D eigenvalue weighted by molar-refractivity contribution is 0.785. The van der Waals surface area contributed by atoms with Gasteiger partial charge in [0.2, 0.25) is 0 Å². The molecule has 1 N–H and O–H groups in total. The summed E-state index contributed by atoms with van der Waals surface area (Å²) < 4.78 is 2.07. The molecule has 2 aromatic heterocycles. The molecular formula is C16H18N4. The lowest BCUT2D eigenvalue weighted by atomic mass is 10.1. The van der Waals surface area contributed by atoms with E-state index in [2.05, 4.69) is 46.1 Å². The first-order valence-corrected chi connectivity index (χ1v) is 6.75. The molecule has 0 unspecified atom stereocenters. The van der Waals surface area contributed by atoms with Gasteiger partial charge in [0, 0.05) is 17.6 Å². The van der Waals surface area contributed by atoms with Crippen LogP contribution in [0, 0.1) is 13.8 Å². The van der Waals surface area contributed by atoms with Gasteiger partial charge in [0.1, 0.15) is 12.1 Å². The molecule has 3 aromatic rings. The molecule has 4 nitrogen and oxygen atoms in total. The molecule has 0 atom stereocenters. The van der Waals surface area contributed by atoms with Crippen LogP contribution in [-0.2, 0) is 6.54 Å². The van der Waals surface area contributed by atoms with E-state index in [9.17, 15) is 0 Å². The first-order valence-electron chi connectivity index (χ1n) is 6.75. The maximum absolute atomic E-state index is 4.80. The highest BCUT2D eigenvalue weighted by molar-refractivity contribution is 5.89. The van der Waals surface area contributed by atoms with Crippen LogP contribution in [0.1, 0.15) is 17.1 Å². The van der Waals surface area contributed by atoms with E-state index < -0.39 is 0 Å². The number of pyridine rings is 1. The summed E-state index contributed by atoms with van der Waals surface area (Å²) in [5.74, 6) is 0.950. The molecule has 0 saturated heterocycles. The van der Waals surface area contributed by atoms with E-state index in [-0.39, 0.29) is 0 Å². The Labute approximate surface area is 118 Å². The van der Waals surface area contributed by atoms with Crippen LogP contribution in [0.15, 0.2) is 36.7 Å². The summed E-state index contributed by atoms with van der Waals surface area (Å²) in [6.07, 6.45) is 1.85. The normalized spacial score (nSPS) is 11.2. The summed E-state index contributed by atoms with van der Waals surface area (Å²) in [6, 6.07) is 10.5. The minimum absolute atomic E-state index is 0.755. The van der Waals surface area contributed by atoms with Gasteiger partial charge in [-0.25, -0.2) is 9.97 Å². The summed E-state index contributed by atoms with van der Waals surface area (Å²) >= 11 is 0. The van der Waals surface area contributed by atoms with Crippen molar-refractivity contribution in [3.05, 3.63) is 53.7 Å². The number of aryl methyl sites for hydroxylation is 1. The maximum Gasteiger partial charge on any atom is 0.146 e. The van der Waals surface area contributed by atoms with Crippen molar-refractivity contribution in [3.63, 3.8) is 0 Å². The Morgan fingerprint density at radius 3 is 2.70 bits per heavy atom. The van der Waals surface area contributed by atoms with Crippen molar-refractivity contribution in [3.8, 4) is 5.82 Å². The Balaban J connectivity index is 2.29. The predicted octanol–water partition coefficient (Wildman–Crippen LogP) is 2.76. The van der Waals surface area contributed by atoms with Crippen molar-refractivity contribution in [1.29, 1.82) is 0 Å². The van der Waals surface area contributed by atoms with Gasteiger partial charge < -0.3 is 5.32 Å². The molecule has 20 heavy (non-hydrogen) atoms. The molecule has 0 aliphatic carbocycles. The highest BCUT2D eigenvalue weighted by atomic mass is 15.1.